The maximum absolute atomic E-state index is 13.5. The van der Waals surface area contributed by atoms with Gasteiger partial charge in [0.25, 0.3) is 5.91 Å². The van der Waals surface area contributed by atoms with Crippen LogP contribution in [0.2, 0.25) is 0 Å². The van der Waals surface area contributed by atoms with Gasteiger partial charge in [-0.25, -0.2) is 4.39 Å². The predicted molar refractivity (Wildman–Crippen MR) is 157 cm³/mol. The summed E-state index contributed by atoms with van der Waals surface area (Å²) in [4.78, 5) is 28.3. The average Bonchev–Trinajstić information content (AvgIpc) is 3.73. The number of halogens is 1. The molecule has 1 N–H and O–H groups in total. The first kappa shape index (κ1) is 29.3. The Morgan fingerprint density at radius 3 is 2.64 bits per heavy atom. The maximum atomic E-state index is 13.5. The highest BCUT2D eigenvalue weighted by Gasteiger charge is 2.47. The number of Topliss-reactive ketones (excluding diaryl/α,β-unsaturated/α-hetero) is 1. The first-order valence-electron chi connectivity index (χ1n) is 13.1. The van der Waals surface area contributed by atoms with Crippen molar-refractivity contribution in [1.82, 2.24) is 10.2 Å². The van der Waals surface area contributed by atoms with Crippen molar-refractivity contribution in [3.63, 3.8) is 0 Å². The number of hydrogen-bond donors (Lipinski definition) is 1. The third-order valence-corrected chi connectivity index (χ3v) is 8.66. The highest BCUT2D eigenvalue weighted by Crippen LogP contribution is 2.45. The highest BCUT2D eigenvalue weighted by atomic mass is 32.2. The van der Waals surface area contributed by atoms with E-state index < -0.39 is 23.5 Å². The molecule has 2 aromatic heterocycles. The fraction of sp³-hybridized carbons (Fsp3) is 0.267. The van der Waals surface area contributed by atoms with E-state index in [9.17, 15) is 19.1 Å². The molecule has 0 spiro atoms. The lowest BCUT2D eigenvalue weighted by molar-refractivity contribution is -0.117. The number of aliphatic hydroxyl groups is 1. The summed E-state index contributed by atoms with van der Waals surface area (Å²) >= 11 is 2.51. The number of furan rings is 1. The molecule has 1 atom stereocenters. The summed E-state index contributed by atoms with van der Waals surface area (Å²) in [6.45, 7) is 4.70. The molecule has 4 aromatic rings. The van der Waals surface area contributed by atoms with Gasteiger partial charge in [0.15, 0.2) is 27.4 Å². The van der Waals surface area contributed by atoms with Crippen LogP contribution in [-0.2, 0) is 10.5 Å². The summed E-state index contributed by atoms with van der Waals surface area (Å²) in [5.74, 6) is -0.580. The topological polar surface area (TPSA) is 115 Å². The zero-order chi connectivity index (χ0) is 29.8. The lowest BCUT2D eigenvalue weighted by Gasteiger charge is -2.24. The Kier molecular flexibility index (Phi) is 8.93. The second-order valence-corrected chi connectivity index (χ2v) is 12.0. The lowest BCUT2D eigenvalue weighted by atomic mass is 9.95. The Bertz CT molecular complexity index is 1600. The van der Waals surface area contributed by atoms with Crippen LogP contribution >= 0.6 is 23.1 Å². The maximum Gasteiger partial charge on any atom is 0.296 e. The number of hydrogen-bond acceptors (Lipinski definition) is 10. The molecule has 1 aliphatic rings. The Balaban J connectivity index is 1.49. The molecule has 0 radical (unpaired) electrons. The normalized spacial score (nSPS) is 15.1. The number of aromatic nitrogens is 2. The van der Waals surface area contributed by atoms with E-state index in [0.717, 1.165) is 23.3 Å². The number of ether oxygens (including phenoxy) is 2. The van der Waals surface area contributed by atoms with E-state index in [2.05, 4.69) is 24.0 Å². The molecule has 5 rings (SSSR count). The molecular formula is C30H28FN3O6S2. The van der Waals surface area contributed by atoms with E-state index in [1.807, 2.05) is 0 Å². The lowest BCUT2D eigenvalue weighted by Crippen LogP contribution is -2.31. The van der Waals surface area contributed by atoms with Crippen LogP contribution in [0, 0.1) is 11.7 Å². The molecule has 1 unspecified atom stereocenters. The minimum Gasteiger partial charge on any atom is -0.503 e. The van der Waals surface area contributed by atoms with Gasteiger partial charge in [0.2, 0.25) is 10.9 Å². The van der Waals surface area contributed by atoms with Crippen LogP contribution in [0.5, 0.6) is 11.5 Å². The monoisotopic (exact) mass is 609 g/mol. The van der Waals surface area contributed by atoms with E-state index in [-0.39, 0.29) is 22.3 Å². The van der Waals surface area contributed by atoms with Crippen LogP contribution in [0.15, 0.2) is 80.9 Å². The molecule has 0 fully saturated rings. The summed E-state index contributed by atoms with van der Waals surface area (Å²) < 4.78 is 30.6. The van der Waals surface area contributed by atoms with E-state index >= 15 is 0 Å². The number of rotatable bonds is 12. The quantitative estimate of drug-likeness (QED) is 0.105. The van der Waals surface area contributed by atoms with Gasteiger partial charge in [-0.1, -0.05) is 55.1 Å². The molecule has 9 nitrogen and oxygen atoms in total. The van der Waals surface area contributed by atoms with Gasteiger partial charge >= 0.3 is 0 Å². The Morgan fingerprint density at radius 1 is 1.17 bits per heavy atom. The summed E-state index contributed by atoms with van der Waals surface area (Å²) in [5, 5.41) is 19.6. The predicted octanol–water partition coefficient (Wildman–Crippen LogP) is 6.78. The number of carbonyl (C=O) groups excluding carboxylic acids is 2. The molecule has 3 heterocycles. The smallest absolute Gasteiger partial charge is 0.296 e. The molecule has 0 bridgehead atoms. The molecule has 12 heteroatoms. The molecule has 2 aromatic carbocycles. The standard InChI is InChI=1S/C30H28FN3O6S2/c1-17(2)12-14-40-21-11-8-19(15-23(21)38-3)25-24(26(35)22-5-4-13-39-22)27(36)28(37)34(25)29-32-33-30(42-29)41-16-18-6-9-20(31)10-7-18/h4-11,13,15,17,25,36H,12,14,16H2,1-3H3. The van der Waals surface area contributed by atoms with Crippen molar-refractivity contribution in [2.45, 2.75) is 36.4 Å². The minimum absolute atomic E-state index is 0.0235. The first-order valence-corrected chi connectivity index (χ1v) is 14.9. The minimum atomic E-state index is -1.04. The molecule has 0 saturated heterocycles. The fourth-order valence-corrected chi connectivity index (χ4v) is 6.18. The number of carbonyl (C=O) groups is 2. The molecule has 1 aliphatic heterocycles. The molecule has 1 amide bonds. The first-order chi connectivity index (χ1) is 20.3. The van der Waals surface area contributed by atoms with Gasteiger partial charge < -0.3 is 19.0 Å². The van der Waals surface area contributed by atoms with Crippen LogP contribution in [0.3, 0.4) is 0 Å². The van der Waals surface area contributed by atoms with Gasteiger partial charge in [-0.15, -0.1) is 10.2 Å². The Hall–Kier alpha value is -4.16. The summed E-state index contributed by atoms with van der Waals surface area (Å²) in [5.41, 5.74) is 1.23. The Labute approximate surface area is 250 Å². The SMILES string of the molecule is COc1cc(C2C(C(=O)c3ccco3)=C(O)C(=O)N2c2nnc(SCc3ccc(F)cc3)s2)ccc1OCCC(C)C. The van der Waals surface area contributed by atoms with E-state index in [4.69, 9.17) is 13.9 Å². The molecule has 42 heavy (non-hydrogen) atoms. The van der Waals surface area contributed by atoms with Crippen molar-refractivity contribution < 1.29 is 33.0 Å². The Morgan fingerprint density at radius 2 is 1.95 bits per heavy atom. The van der Waals surface area contributed by atoms with Crippen LogP contribution in [0.4, 0.5) is 9.52 Å². The largest absolute Gasteiger partial charge is 0.503 e. The van der Waals surface area contributed by atoms with Crippen molar-refractivity contribution in [3.8, 4) is 11.5 Å². The third-order valence-electron chi connectivity index (χ3n) is 6.53. The van der Waals surface area contributed by atoms with Gasteiger partial charge in [-0.3, -0.25) is 14.5 Å². The second-order valence-electron chi connectivity index (χ2n) is 9.85. The average molecular weight is 610 g/mol. The molecule has 0 aliphatic carbocycles. The third kappa shape index (κ3) is 6.19. The van der Waals surface area contributed by atoms with Crippen molar-refractivity contribution in [2.75, 3.05) is 18.6 Å². The highest BCUT2D eigenvalue weighted by molar-refractivity contribution is 8.00. The van der Waals surface area contributed by atoms with Gasteiger partial charge in [0.1, 0.15) is 5.82 Å². The van der Waals surface area contributed by atoms with Crippen LogP contribution in [-0.4, -0.2) is 40.7 Å². The number of thioether (sulfide) groups is 1. The van der Waals surface area contributed by atoms with E-state index in [1.54, 1.807) is 36.4 Å². The second kappa shape index (κ2) is 12.8. The molecule has 0 saturated carbocycles. The summed E-state index contributed by atoms with van der Waals surface area (Å²) in [7, 11) is 1.50. The van der Waals surface area contributed by atoms with Crippen molar-refractivity contribution in [2.24, 2.45) is 5.92 Å². The van der Waals surface area contributed by atoms with Crippen LogP contribution < -0.4 is 14.4 Å². The van der Waals surface area contributed by atoms with Gasteiger partial charge in [-0.2, -0.15) is 0 Å². The number of benzene rings is 2. The van der Waals surface area contributed by atoms with Crippen LogP contribution in [0.25, 0.3) is 0 Å². The zero-order valence-electron chi connectivity index (χ0n) is 23.1. The number of methoxy groups -OCH3 is 1. The van der Waals surface area contributed by atoms with Crippen molar-refractivity contribution in [1.29, 1.82) is 0 Å². The summed E-state index contributed by atoms with van der Waals surface area (Å²) in [6, 6.07) is 13.2. The number of aliphatic hydroxyl groups excluding tert-OH is 1. The van der Waals surface area contributed by atoms with Crippen molar-refractivity contribution in [3.05, 3.63) is 94.9 Å². The molecular weight excluding hydrogens is 581 g/mol. The van der Waals surface area contributed by atoms with E-state index in [0.29, 0.717) is 39.7 Å². The van der Waals surface area contributed by atoms with Gasteiger partial charge in [-0.05, 0) is 59.9 Å². The van der Waals surface area contributed by atoms with Crippen LogP contribution in [0.1, 0.15) is 48.0 Å². The number of ketones is 1. The fourth-order valence-electron chi connectivity index (χ4n) is 4.35. The number of nitrogens with zero attached hydrogens (tertiary/aromatic N) is 3. The van der Waals surface area contributed by atoms with E-state index in [1.165, 1.54) is 48.2 Å². The van der Waals surface area contributed by atoms with Gasteiger partial charge in [0, 0.05) is 5.75 Å². The zero-order valence-corrected chi connectivity index (χ0v) is 24.7. The molecule has 218 valence electrons. The van der Waals surface area contributed by atoms with Gasteiger partial charge in [0.05, 0.1) is 31.6 Å². The summed E-state index contributed by atoms with van der Waals surface area (Å²) in [6.07, 6.45) is 2.20. The number of anilines is 1. The van der Waals surface area contributed by atoms with Crippen molar-refractivity contribution >= 4 is 39.9 Å². The number of amides is 1.